The van der Waals surface area contributed by atoms with Crippen LogP contribution < -0.4 is 5.32 Å². The molecule has 0 spiro atoms. The van der Waals surface area contributed by atoms with E-state index >= 15 is 0 Å². The second kappa shape index (κ2) is 6.40. The number of aliphatic hydroxyl groups is 1. The maximum Gasteiger partial charge on any atom is 0.471 e. The van der Waals surface area contributed by atoms with E-state index in [0.29, 0.717) is 0 Å². The predicted octanol–water partition coefficient (Wildman–Crippen LogP) is -0.564. The maximum absolute atomic E-state index is 11.9. The predicted molar refractivity (Wildman–Crippen MR) is 49.5 cm³/mol. The van der Waals surface area contributed by atoms with Gasteiger partial charge in [-0.3, -0.25) is 14.4 Å². The SMILES string of the molecule is CON(C)C(=O)C[C@@H](CO)NC(=O)C(F)(F)F. The Kier molecular flexibility index (Phi) is 5.89. The standard InChI is InChI=1S/C8H13F3N2O4/c1-13(17-2)6(15)3-5(4-14)12-7(16)8(9,10)11/h5,14H,3-4H2,1-2H3,(H,12,16)/t5-/m0/s1. The second-order valence-corrected chi connectivity index (χ2v) is 3.13. The highest BCUT2D eigenvalue weighted by molar-refractivity contribution is 5.83. The van der Waals surface area contributed by atoms with E-state index < -0.39 is 37.1 Å². The smallest absolute Gasteiger partial charge is 0.394 e. The summed E-state index contributed by atoms with van der Waals surface area (Å²) in [5.41, 5.74) is 0. The molecule has 2 amide bonds. The van der Waals surface area contributed by atoms with Crippen molar-refractivity contribution in [1.82, 2.24) is 10.4 Å². The minimum atomic E-state index is -5.05. The van der Waals surface area contributed by atoms with Crippen LogP contribution in [0.4, 0.5) is 13.2 Å². The Labute approximate surface area is 95.3 Å². The zero-order chi connectivity index (χ0) is 13.6. The van der Waals surface area contributed by atoms with Crippen molar-refractivity contribution in [3.05, 3.63) is 0 Å². The van der Waals surface area contributed by atoms with Crippen LogP contribution in [-0.4, -0.2) is 55.0 Å². The molecule has 17 heavy (non-hydrogen) atoms. The molecule has 0 aromatic heterocycles. The average molecular weight is 258 g/mol. The Morgan fingerprint density at radius 2 is 2.00 bits per heavy atom. The van der Waals surface area contributed by atoms with Crippen molar-refractivity contribution in [2.24, 2.45) is 0 Å². The Morgan fingerprint density at radius 3 is 2.35 bits per heavy atom. The van der Waals surface area contributed by atoms with Gasteiger partial charge in [0.05, 0.1) is 26.2 Å². The molecule has 0 fully saturated rings. The van der Waals surface area contributed by atoms with E-state index in [1.807, 2.05) is 0 Å². The van der Waals surface area contributed by atoms with Crippen molar-refractivity contribution in [1.29, 1.82) is 0 Å². The van der Waals surface area contributed by atoms with Crippen molar-refractivity contribution in [2.75, 3.05) is 20.8 Å². The van der Waals surface area contributed by atoms with Crippen LogP contribution in [0.25, 0.3) is 0 Å². The van der Waals surface area contributed by atoms with Gasteiger partial charge in [-0.05, 0) is 0 Å². The van der Waals surface area contributed by atoms with E-state index in [1.54, 1.807) is 0 Å². The molecule has 2 N–H and O–H groups in total. The summed E-state index contributed by atoms with van der Waals surface area (Å²) in [4.78, 5) is 26.3. The lowest BCUT2D eigenvalue weighted by molar-refractivity contribution is -0.176. The molecule has 9 heteroatoms. The molecule has 0 radical (unpaired) electrons. The van der Waals surface area contributed by atoms with Gasteiger partial charge in [0.15, 0.2) is 0 Å². The molecule has 0 aliphatic carbocycles. The summed E-state index contributed by atoms with van der Waals surface area (Å²) in [6, 6.07) is -1.31. The molecule has 0 heterocycles. The Morgan fingerprint density at radius 1 is 1.47 bits per heavy atom. The fraction of sp³-hybridized carbons (Fsp3) is 0.750. The van der Waals surface area contributed by atoms with Gasteiger partial charge in [0, 0.05) is 7.05 Å². The minimum Gasteiger partial charge on any atom is -0.394 e. The van der Waals surface area contributed by atoms with E-state index in [1.165, 1.54) is 19.5 Å². The molecule has 0 rings (SSSR count). The molecule has 1 atom stereocenters. The van der Waals surface area contributed by atoms with Crippen molar-refractivity contribution in [2.45, 2.75) is 18.6 Å². The molecule has 0 saturated carbocycles. The molecular weight excluding hydrogens is 245 g/mol. The van der Waals surface area contributed by atoms with E-state index in [0.717, 1.165) is 5.06 Å². The molecule has 0 saturated heterocycles. The summed E-state index contributed by atoms with van der Waals surface area (Å²) in [6.07, 6.45) is -5.55. The summed E-state index contributed by atoms with van der Waals surface area (Å²) in [6.45, 7) is -0.787. The van der Waals surface area contributed by atoms with Gasteiger partial charge in [-0.15, -0.1) is 0 Å². The van der Waals surface area contributed by atoms with Crippen LogP contribution >= 0.6 is 0 Å². The van der Waals surface area contributed by atoms with E-state index in [9.17, 15) is 22.8 Å². The minimum absolute atomic E-state index is 0.497. The number of hydrogen-bond donors (Lipinski definition) is 2. The van der Waals surface area contributed by atoms with Crippen LogP contribution in [0.3, 0.4) is 0 Å². The third-order valence-corrected chi connectivity index (χ3v) is 1.86. The fourth-order valence-corrected chi connectivity index (χ4v) is 0.870. The number of carbonyl (C=O) groups is 2. The van der Waals surface area contributed by atoms with Crippen LogP contribution in [0.15, 0.2) is 0 Å². The highest BCUT2D eigenvalue weighted by atomic mass is 19.4. The number of aliphatic hydroxyl groups excluding tert-OH is 1. The number of rotatable bonds is 5. The lowest BCUT2D eigenvalue weighted by Crippen LogP contribution is -2.46. The number of alkyl halides is 3. The number of nitrogens with zero attached hydrogens (tertiary/aromatic N) is 1. The van der Waals surface area contributed by atoms with Crippen LogP contribution in [0, 0.1) is 0 Å². The van der Waals surface area contributed by atoms with Gasteiger partial charge >= 0.3 is 12.1 Å². The van der Waals surface area contributed by atoms with Gasteiger partial charge in [0.25, 0.3) is 0 Å². The summed E-state index contributed by atoms with van der Waals surface area (Å²) in [7, 11) is 2.45. The first-order chi connectivity index (χ1) is 7.72. The topological polar surface area (TPSA) is 78.9 Å². The van der Waals surface area contributed by atoms with Gasteiger partial charge in [-0.25, -0.2) is 5.06 Å². The number of halogens is 3. The number of hydroxylamine groups is 2. The lowest BCUT2D eigenvalue weighted by atomic mass is 10.2. The molecule has 6 nitrogen and oxygen atoms in total. The molecule has 0 aromatic carbocycles. The molecule has 0 aliphatic rings. The summed E-state index contributed by atoms with van der Waals surface area (Å²) in [5.74, 6) is -2.88. The maximum atomic E-state index is 11.9. The summed E-state index contributed by atoms with van der Waals surface area (Å²) >= 11 is 0. The van der Waals surface area contributed by atoms with Crippen LogP contribution in [-0.2, 0) is 14.4 Å². The van der Waals surface area contributed by atoms with Gasteiger partial charge in [-0.1, -0.05) is 0 Å². The van der Waals surface area contributed by atoms with Crippen LogP contribution in [0.5, 0.6) is 0 Å². The molecule has 0 bridgehead atoms. The molecule has 100 valence electrons. The summed E-state index contributed by atoms with van der Waals surface area (Å²) in [5, 5.41) is 11.0. The molecule has 0 unspecified atom stereocenters. The monoisotopic (exact) mass is 258 g/mol. The van der Waals surface area contributed by atoms with Gasteiger partial charge in [-0.2, -0.15) is 13.2 Å². The lowest BCUT2D eigenvalue weighted by Gasteiger charge is -2.19. The van der Waals surface area contributed by atoms with Crippen LogP contribution in [0.1, 0.15) is 6.42 Å². The first-order valence-corrected chi connectivity index (χ1v) is 4.51. The zero-order valence-electron chi connectivity index (χ0n) is 9.24. The second-order valence-electron chi connectivity index (χ2n) is 3.13. The van der Waals surface area contributed by atoms with Gasteiger partial charge in [0.1, 0.15) is 0 Å². The van der Waals surface area contributed by atoms with Gasteiger partial charge in [0.2, 0.25) is 5.91 Å². The highest BCUT2D eigenvalue weighted by Crippen LogP contribution is 2.14. The van der Waals surface area contributed by atoms with Crippen molar-refractivity contribution < 1.29 is 32.7 Å². The first kappa shape index (κ1) is 15.7. The molecule has 0 aromatic rings. The Bertz CT molecular complexity index is 282. The van der Waals surface area contributed by atoms with Crippen molar-refractivity contribution in [3.63, 3.8) is 0 Å². The van der Waals surface area contributed by atoms with Gasteiger partial charge < -0.3 is 10.4 Å². The molecule has 0 aliphatic heterocycles. The number of amides is 2. The van der Waals surface area contributed by atoms with E-state index in [4.69, 9.17) is 5.11 Å². The van der Waals surface area contributed by atoms with Crippen LogP contribution in [0.2, 0.25) is 0 Å². The van der Waals surface area contributed by atoms with E-state index in [-0.39, 0.29) is 0 Å². The Hall–Kier alpha value is -1.35. The quantitative estimate of drug-likeness (QED) is 0.648. The largest absolute Gasteiger partial charge is 0.471 e. The number of carbonyl (C=O) groups excluding carboxylic acids is 2. The fourth-order valence-electron chi connectivity index (χ4n) is 0.870. The third kappa shape index (κ3) is 5.50. The van der Waals surface area contributed by atoms with Crippen molar-refractivity contribution in [3.8, 4) is 0 Å². The number of hydrogen-bond acceptors (Lipinski definition) is 4. The zero-order valence-corrected chi connectivity index (χ0v) is 9.24. The van der Waals surface area contributed by atoms with Crippen molar-refractivity contribution >= 4 is 11.8 Å². The number of nitrogens with one attached hydrogen (secondary N) is 1. The molecular formula is C8H13F3N2O4. The average Bonchev–Trinajstić information content (AvgIpc) is 2.25. The first-order valence-electron chi connectivity index (χ1n) is 4.51. The third-order valence-electron chi connectivity index (χ3n) is 1.86. The highest BCUT2D eigenvalue weighted by Gasteiger charge is 2.39. The Balaban J connectivity index is 4.36. The summed E-state index contributed by atoms with van der Waals surface area (Å²) < 4.78 is 35.7. The van der Waals surface area contributed by atoms with E-state index in [2.05, 4.69) is 4.84 Å². The normalized spacial score (nSPS) is 13.1.